The molecule has 0 aliphatic heterocycles. The average molecular weight is 673 g/mol. The van der Waals surface area contributed by atoms with Gasteiger partial charge in [0.25, 0.3) is 0 Å². The number of Topliss-reactive ketones (excluding diaryl/α,β-unsaturated/α-hetero) is 1. The van der Waals surface area contributed by atoms with E-state index in [9.17, 15) is 9.59 Å². The molecule has 0 bridgehead atoms. The van der Waals surface area contributed by atoms with Crippen LogP contribution in [0.5, 0.6) is 0 Å². The highest BCUT2D eigenvalue weighted by Gasteiger charge is 2.28. The maximum Gasteiger partial charge on any atom is 0.305 e. The Balaban J connectivity index is 0.000000290. The van der Waals surface area contributed by atoms with E-state index in [4.69, 9.17) is 10.5 Å². The third kappa shape index (κ3) is 16.7. The van der Waals surface area contributed by atoms with E-state index < -0.39 is 0 Å². The zero-order valence-corrected chi connectivity index (χ0v) is 30.8. The van der Waals surface area contributed by atoms with Crippen LogP contribution in [0.15, 0.2) is 78.9 Å². The Morgan fingerprint density at radius 2 is 1.14 bits per heavy atom. The van der Waals surface area contributed by atoms with E-state index in [-0.39, 0.29) is 23.7 Å². The Hall–Kier alpha value is -3.36. The molecule has 1 aliphatic rings. The molecule has 0 saturated heterocycles. The predicted molar refractivity (Wildman–Crippen MR) is 206 cm³/mol. The number of esters is 1. The van der Waals surface area contributed by atoms with Crippen molar-refractivity contribution < 1.29 is 14.3 Å². The number of carbonyl (C=O) groups excluding carboxylic acids is 2. The van der Waals surface area contributed by atoms with Gasteiger partial charge in [-0.3, -0.25) is 9.59 Å². The number of nitrogens with one attached hydrogen (secondary N) is 3. The lowest BCUT2D eigenvalue weighted by Gasteiger charge is -2.14. The fourth-order valence-corrected chi connectivity index (χ4v) is 5.93. The number of benzene rings is 3. The summed E-state index contributed by atoms with van der Waals surface area (Å²) in [4.78, 5) is 23.8. The largest absolute Gasteiger partial charge is 0.465 e. The van der Waals surface area contributed by atoms with Crippen molar-refractivity contribution in [3.8, 4) is 11.1 Å². The highest BCUT2D eigenvalue weighted by Crippen LogP contribution is 2.44. The summed E-state index contributed by atoms with van der Waals surface area (Å²) in [5.41, 5.74) is 12.1. The van der Waals surface area contributed by atoms with Crippen molar-refractivity contribution in [2.24, 2.45) is 5.73 Å². The summed E-state index contributed by atoms with van der Waals surface area (Å²) in [6.07, 6.45) is 12.1. The maximum atomic E-state index is 11.9. The zero-order valence-electron chi connectivity index (χ0n) is 30.8. The second kappa shape index (κ2) is 26.5. The Labute approximate surface area is 297 Å². The first-order chi connectivity index (χ1) is 24.0. The smallest absolute Gasteiger partial charge is 0.305 e. The topological polar surface area (TPSA) is 105 Å². The van der Waals surface area contributed by atoms with Gasteiger partial charge < -0.3 is 26.4 Å². The summed E-state index contributed by atoms with van der Waals surface area (Å²) in [5.74, 6) is 0.254. The lowest BCUT2D eigenvalue weighted by atomic mass is 9.98. The molecule has 0 heterocycles. The van der Waals surface area contributed by atoms with Crippen molar-refractivity contribution >= 4 is 11.8 Å². The van der Waals surface area contributed by atoms with Gasteiger partial charge in [0.15, 0.2) is 0 Å². The van der Waals surface area contributed by atoms with Gasteiger partial charge in [-0.15, -0.1) is 0 Å². The third-order valence-corrected chi connectivity index (χ3v) is 8.77. The molecule has 1 aliphatic carbocycles. The molecular formula is C42H64N4O3. The number of unbranched alkanes of at least 4 members (excludes halogenated alkanes) is 6. The molecular weight excluding hydrogens is 608 g/mol. The van der Waals surface area contributed by atoms with Crippen molar-refractivity contribution in [3.63, 3.8) is 0 Å². The first-order valence-electron chi connectivity index (χ1n) is 18.6. The average Bonchev–Trinajstić information content (AvgIpc) is 3.45. The predicted octanol–water partition coefficient (Wildman–Crippen LogP) is 7.42. The maximum absolute atomic E-state index is 11.9. The number of fused-ring (bicyclic) bond motifs is 3. The standard InChI is InChI=1S/C20H23NO2.C16H26N2O.C6H15N/c1-21-13-7-6-12-20(22)23-14-19-17-10-4-2-8-15(17)16-9-3-5-11-18(16)19;1-18-12-8-3-2-7-11-16(19)15(17)13-14-9-5-4-6-10-14;1-3-4-5-6-7-2/h2-5,8-11,19,21H,6-7,12-14H2,1H3;4-6,9-10,15,18H,2-3,7-8,11-13,17H2,1H3;7H,3-6H2,1-2H3/t;15-;/m.0./s1. The minimum Gasteiger partial charge on any atom is -0.465 e. The summed E-state index contributed by atoms with van der Waals surface area (Å²) in [7, 11) is 5.88. The van der Waals surface area contributed by atoms with Crippen LogP contribution in [0.4, 0.5) is 0 Å². The van der Waals surface area contributed by atoms with Gasteiger partial charge in [-0.25, -0.2) is 0 Å². The van der Waals surface area contributed by atoms with Crippen LogP contribution in [-0.4, -0.2) is 65.2 Å². The molecule has 0 radical (unpaired) electrons. The summed E-state index contributed by atoms with van der Waals surface area (Å²) in [6.45, 7) is 5.82. The fraction of sp³-hybridized carbons (Fsp3) is 0.524. The van der Waals surface area contributed by atoms with E-state index in [2.05, 4.69) is 71.4 Å². The molecule has 0 amide bonds. The van der Waals surface area contributed by atoms with Crippen molar-refractivity contribution in [2.45, 2.75) is 95.9 Å². The van der Waals surface area contributed by atoms with Gasteiger partial charge in [0.2, 0.25) is 0 Å². The van der Waals surface area contributed by atoms with E-state index >= 15 is 0 Å². The number of ether oxygens (including phenoxy) is 1. The van der Waals surface area contributed by atoms with E-state index in [0.29, 0.717) is 25.9 Å². The molecule has 0 fully saturated rings. The molecule has 49 heavy (non-hydrogen) atoms. The molecule has 3 aromatic carbocycles. The van der Waals surface area contributed by atoms with E-state index in [1.54, 1.807) is 0 Å². The summed E-state index contributed by atoms with van der Waals surface area (Å²) >= 11 is 0. The van der Waals surface area contributed by atoms with E-state index in [0.717, 1.165) is 44.3 Å². The molecule has 5 N–H and O–H groups in total. The number of nitrogens with two attached hydrogens (primary N) is 1. The molecule has 0 saturated carbocycles. The van der Waals surface area contributed by atoms with Gasteiger partial charge >= 0.3 is 5.97 Å². The number of carbonyl (C=O) groups is 2. The third-order valence-electron chi connectivity index (χ3n) is 8.77. The highest BCUT2D eigenvalue weighted by molar-refractivity contribution is 5.84. The second-order valence-corrected chi connectivity index (χ2v) is 12.8. The highest BCUT2D eigenvalue weighted by atomic mass is 16.5. The molecule has 7 nitrogen and oxygen atoms in total. The van der Waals surface area contributed by atoms with E-state index in [1.165, 1.54) is 60.9 Å². The van der Waals surface area contributed by atoms with Crippen LogP contribution in [0.1, 0.15) is 100 Å². The molecule has 0 spiro atoms. The monoisotopic (exact) mass is 672 g/mol. The van der Waals surface area contributed by atoms with Crippen LogP contribution in [-0.2, 0) is 20.7 Å². The Kier molecular flexibility index (Phi) is 22.6. The molecule has 1 atom stereocenters. The van der Waals surface area contributed by atoms with Crippen molar-refractivity contribution in [2.75, 3.05) is 47.4 Å². The van der Waals surface area contributed by atoms with Gasteiger partial charge in [-0.05, 0) is 107 Å². The van der Waals surface area contributed by atoms with Gasteiger partial charge in [-0.1, -0.05) is 111 Å². The number of ketones is 1. The molecule has 7 heteroatoms. The van der Waals surface area contributed by atoms with Gasteiger partial charge in [0, 0.05) is 18.8 Å². The first kappa shape index (κ1) is 41.8. The Bertz CT molecular complexity index is 1250. The summed E-state index contributed by atoms with van der Waals surface area (Å²) in [5, 5.41) is 9.32. The van der Waals surface area contributed by atoms with Crippen molar-refractivity contribution in [1.82, 2.24) is 16.0 Å². The van der Waals surface area contributed by atoms with Crippen molar-refractivity contribution in [3.05, 3.63) is 95.6 Å². The van der Waals surface area contributed by atoms with Crippen LogP contribution in [0.2, 0.25) is 0 Å². The molecule has 3 aromatic rings. The van der Waals surface area contributed by atoms with Crippen LogP contribution < -0.4 is 21.7 Å². The SMILES string of the molecule is CCCCCNC.CNCCCCC(=O)OCC1c2ccccc2-c2ccccc21.CNCCCCCCC(=O)[C@@H](N)Cc1ccccc1. The quantitative estimate of drug-likeness (QED) is 0.0690. The minimum absolute atomic E-state index is 0.0945. The zero-order chi connectivity index (χ0) is 35.5. The van der Waals surface area contributed by atoms with Gasteiger partial charge in [0.05, 0.1) is 6.04 Å². The normalized spacial score (nSPS) is 12.1. The molecule has 0 unspecified atom stereocenters. The number of hydrogen-bond donors (Lipinski definition) is 4. The summed E-state index contributed by atoms with van der Waals surface area (Å²) < 4.78 is 5.56. The minimum atomic E-state index is -0.347. The second-order valence-electron chi connectivity index (χ2n) is 12.8. The Morgan fingerprint density at radius 3 is 1.71 bits per heavy atom. The lowest BCUT2D eigenvalue weighted by molar-refractivity contribution is -0.144. The number of rotatable bonds is 21. The van der Waals surface area contributed by atoms with Gasteiger partial charge in [0.1, 0.15) is 12.4 Å². The van der Waals surface area contributed by atoms with Crippen LogP contribution in [0.3, 0.4) is 0 Å². The molecule has 270 valence electrons. The molecule has 0 aromatic heterocycles. The summed E-state index contributed by atoms with van der Waals surface area (Å²) in [6, 6.07) is 26.4. The first-order valence-corrected chi connectivity index (χ1v) is 18.6. The van der Waals surface area contributed by atoms with Crippen LogP contribution in [0, 0.1) is 0 Å². The lowest BCUT2D eigenvalue weighted by Crippen LogP contribution is -2.32. The fourth-order valence-electron chi connectivity index (χ4n) is 5.93. The van der Waals surface area contributed by atoms with E-state index in [1.807, 2.05) is 51.5 Å². The Morgan fingerprint density at radius 1 is 0.653 bits per heavy atom. The van der Waals surface area contributed by atoms with Crippen LogP contribution >= 0.6 is 0 Å². The number of hydrogen-bond acceptors (Lipinski definition) is 7. The van der Waals surface area contributed by atoms with Gasteiger partial charge in [-0.2, -0.15) is 0 Å². The molecule has 4 rings (SSSR count). The van der Waals surface area contributed by atoms with Crippen LogP contribution in [0.25, 0.3) is 11.1 Å². The van der Waals surface area contributed by atoms with Crippen molar-refractivity contribution in [1.29, 1.82) is 0 Å².